The number of hydrogen-bond acceptors (Lipinski definition) is 8. The van der Waals surface area contributed by atoms with Crippen LogP contribution in [0, 0.1) is 5.41 Å². The zero-order valence-corrected chi connectivity index (χ0v) is 21.5. The van der Waals surface area contributed by atoms with Gasteiger partial charge in [-0.3, -0.25) is 14.5 Å². The number of carbonyl (C=O) groups is 2. The third-order valence-corrected chi connectivity index (χ3v) is 7.45. The molecule has 3 aromatic rings. The number of fused-ring (bicyclic) bond motifs is 3. The van der Waals surface area contributed by atoms with Gasteiger partial charge in [-0.25, -0.2) is 15.0 Å². The maximum atomic E-state index is 13.6. The predicted molar refractivity (Wildman–Crippen MR) is 142 cm³/mol. The van der Waals surface area contributed by atoms with E-state index in [0.29, 0.717) is 52.8 Å². The minimum Gasteiger partial charge on any atom is -0.368 e. The van der Waals surface area contributed by atoms with Gasteiger partial charge < -0.3 is 19.9 Å². The number of aldehydes is 1. The molecular formula is C28H29N7O3. The summed E-state index contributed by atoms with van der Waals surface area (Å²) in [5.74, 6) is 0.718. The molecule has 0 saturated heterocycles. The van der Waals surface area contributed by atoms with Crippen LogP contribution in [0.2, 0.25) is 0 Å². The lowest BCUT2D eigenvalue weighted by atomic mass is 9.90. The molecule has 0 saturated carbocycles. The van der Waals surface area contributed by atoms with Crippen LogP contribution in [0.3, 0.4) is 0 Å². The molecule has 5 heterocycles. The van der Waals surface area contributed by atoms with Gasteiger partial charge in [-0.2, -0.15) is 0 Å². The third-order valence-electron chi connectivity index (χ3n) is 7.45. The quantitative estimate of drug-likeness (QED) is 0.503. The fraction of sp³-hybridized carbons (Fsp3) is 0.321. The number of nitrogens with zero attached hydrogens (tertiary/aromatic N) is 6. The highest BCUT2D eigenvalue weighted by atomic mass is 16.3. The smallest absolute Gasteiger partial charge is 0.276 e. The molecule has 10 nitrogen and oxygen atoms in total. The van der Waals surface area contributed by atoms with E-state index < -0.39 is 6.23 Å². The van der Waals surface area contributed by atoms with Crippen molar-refractivity contribution in [2.24, 2.45) is 5.41 Å². The Balaban J connectivity index is 1.35. The molecule has 10 heteroatoms. The normalized spacial score (nSPS) is 20.0. The van der Waals surface area contributed by atoms with Crippen LogP contribution in [-0.2, 0) is 19.4 Å². The molecule has 2 aliphatic heterocycles. The molecule has 3 aliphatic rings. The number of nitrogens with one attached hydrogen (secondary N) is 1. The van der Waals surface area contributed by atoms with Crippen molar-refractivity contribution >= 4 is 29.4 Å². The predicted octanol–water partition coefficient (Wildman–Crippen LogP) is 2.87. The Morgan fingerprint density at radius 3 is 2.76 bits per heavy atom. The van der Waals surface area contributed by atoms with Crippen molar-refractivity contribution in [3.8, 4) is 0 Å². The SMILES string of the molecule is CN1C=C(c2ccnc(N3CCn4c(cc5c4CC(C)(C)C5)C3=O)c2C=O)C=C(Nc2ccncn2)C1O. The zero-order chi connectivity index (χ0) is 26.6. The zero-order valence-electron chi connectivity index (χ0n) is 21.5. The van der Waals surface area contributed by atoms with Gasteiger partial charge in [0.05, 0.1) is 11.3 Å². The fourth-order valence-electron chi connectivity index (χ4n) is 5.71. The molecule has 0 spiro atoms. The van der Waals surface area contributed by atoms with Crippen molar-refractivity contribution in [1.29, 1.82) is 0 Å². The van der Waals surface area contributed by atoms with Crippen molar-refractivity contribution in [2.75, 3.05) is 23.8 Å². The van der Waals surface area contributed by atoms with E-state index in [1.54, 1.807) is 53.6 Å². The van der Waals surface area contributed by atoms with Gasteiger partial charge in [0.1, 0.15) is 23.7 Å². The highest BCUT2D eigenvalue weighted by Gasteiger charge is 2.37. The molecular weight excluding hydrogens is 482 g/mol. The largest absolute Gasteiger partial charge is 0.368 e. The summed E-state index contributed by atoms with van der Waals surface area (Å²) >= 11 is 0. The van der Waals surface area contributed by atoms with Crippen LogP contribution < -0.4 is 10.2 Å². The molecule has 1 unspecified atom stereocenters. The van der Waals surface area contributed by atoms with Crippen LogP contribution >= 0.6 is 0 Å². The number of aliphatic hydroxyl groups is 1. The lowest BCUT2D eigenvalue weighted by Crippen LogP contribution is -2.41. The second-order valence-corrected chi connectivity index (χ2v) is 10.8. The molecule has 38 heavy (non-hydrogen) atoms. The number of carbonyl (C=O) groups excluding carboxylic acids is 2. The summed E-state index contributed by atoms with van der Waals surface area (Å²) in [4.78, 5) is 41.9. The summed E-state index contributed by atoms with van der Waals surface area (Å²) < 4.78 is 2.14. The van der Waals surface area contributed by atoms with E-state index in [4.69, 9.17) is 0 Å². The Bertz CT molecular complexity index is 1510. The van der Waals surface area contributed by atoms with Gasteiger partial charge in [0.25, 0.3) is 5.91 Å². The molecule has 2 N–H and O–H groups in total. The number of likely N-dealkylation sites (N-methyl/N-ethyl adjacent to an activating group) is 1. The van der Waals surface area contributed by atoms with Crippen molar-refractivity contribution in [1.82, 2.24) is 24.4 Å². The number of amides is 1. The standard InChI is InChI=1S/C28H29N7O3/c1-28(2)12-17-11-22-27(38)35(9-8-34(22)23(17)13-28)25-20(15-36)19(4-7-30-25)18-10-21(26(37)33(3)14-18)32-24-5-6-29-16-31-24/h4-7,10-11,14-16,26,37H,8-9,12-13H2,1-3H3,(H,29,31,32). The molecule has 6 rings (SSSR count). The Labute approximate surface area is 220 Å². The highest BCUT2D eigenvalue weighted by molar-refractivity contribution is 6.08. The Kier molecular flexibility index (Phi) is 5.64. The summed E-state index contributed by atoms with van der Waals surface area (Å²) in [7, 11) is 1.74. The third kappa shape index (κ3) is 3.97. The van der Waals surface area contributed by atoms with E-state index in [1.165, 1.54) is 17.6 Å². The first-order chi connectivity index (χ1) is 18.3. The van der Waals surface area contributed by atoms with E-state index >= 15 is 0 Å². The number of allylic oxidation sites excluding steroid dienone is 2. The van der Waals surface area contributed by atoms with Gasteiger partial charge in [-0.15, -0.1) is 0 Å². The Hall–Kier alpha value is -4.31. The van der Waals surface area contributed by atoms with Crippen LogP contribution in [0.5, 0.6) is 0 Å². The van der Waals surface area contributed by atoms with E-state index in [-0.39, 0.29) is 11.3 Å². The molecule has 1 atom stereocenters. The first-order valence-electron chi connectivity index (χ1n) is 12.6. The van der Waals surface area contributed by atoms with Gasteiger partial charge in [0.2, 0.25) is 0 Å². The summed E-state index contributed by atoms with van der Waals surface area (Å²) in [6, 6.07) is 5.45. The molecule has 0 aromatic carbocycles. The second-order valence-electron chi connectivity index (χ2n) is 10.8. The number of anilines is 2. The van der Waals surface area contributed by atoms with E-state index in [1.807, 2.05) is 6.07 Å². The van der Waals surface area contributed by atoms with E-state index in [2.05, 4.69) is 38.7 Å². The molecule has 194 valence electrons. The first kappa shape index (κ1) is 24.1. The number of hydrogen-bond donors (Lipinski definition) is 2. The number of aromatic nitrogens is 4. The minimum absolute atomic E-state index is 0.150. The fourth-order valence-corrected chi connectivity index (χ4v) is 5.71. The number of aliphatic hydroxyl groups excluding tert-OH is 1. The highest BCUT2D eigenvalue weighted by Crippen LogP contribution is 2.40. The van der Waals surface area contributed by atoms with Crippen LogP contribution in [0.25, 0.3) is 5.57 Å². The van der Waals surface area contributed by atoms with Crippen molar-refractivity contribution in [2.45, 2.75) is 39.5 Å². The maximum absolute atomic E-state index is 13.6. The van der Waals surface area contributed by atoms with Crippen molar-refractivity contribution in [3.63, 3.8) is 0 Å². The van der Waals surface area contributed by atoms with E-state index in [0.717, 1.165) is 19.1 Å². The van der Waals surface area contributed by atoms with Gasteiger partial charge in [-0.05, 0) is 53.7 Å². The van der Waals surface area contributed by atoms with Crippen molar-refractivity contribution in [3.05, 3.63) is 83.0 Å². The minimum atomic E-state index is -0.932. The van der Waals surface area contributed by atoms with Crippen LogP contribution in [0.1, 0.15) is 51.5 Å². The average molecular weight is 512 g/mol. The molecule has 0 bridgehead atoms. The topological polar surface area (TPSA) is 116 Å². The molecule has 1 amide bonds. The number of rotatable bonds is 5. The lowest BCUT2D eigenvalue weighted by Gasteiger charge is -2.32. The first-order valence-corrected chi connectivity index (χ1v) is 12.6. The molecule has 0 radical (unpaired) electrons. The van der Waals surface area contributed by atoms with Crippen LogP contribution in [0.15, 0.2) is 54.9 Å². The Morgan fingerprint density at radius 1 is 1.16 bits per heavy atom. The molecule has 1 aliphatic carbocycles. The van der Waals surface area contributed by atoms with Crippen LogP contribution in [0.4, 0.5) is 11.6 Å². The average Bonchev–Trinajstić information content (AvgIpc) is 3.39. The monoisotopic (exact) mass is 511 g/mol. The Morgan fingerprint density at radius 2 is 2.00 bits per heavy atom. The van der Waals surface area contributed by atoms with E-state index in [9.17, 15) is 14.7 Å². The summed E-state index contributed by atoms with van der Waals surface area (Å²) in [6.45, 7) is 5.59. The van der Waals surface area contributed by atoms with Gasteiger partial charge in [0.15, 0.2) is 12.5 Å². The summed E-state index contributed by atoms with van der Waals surface area (Å²) in [6.07, 6.45) is 9.88. The number of pyridine rings is 1. The lowest BCUT2D eigenvalue weighted by molar-refractivity contribution is 0.0878. The summed E-state index contributed by atoms with van der Waals surface area (Å²) in [5, 5.41) is 13.9. The summed E-state index contributed by atoms with van der Waals surface area (Å²) in [5.41, 5.74) is 5.45. The van der Waals surface area contributed by atoms with Crippen molar-refractivity contribution < 1.29 is 14.7 Å². The van der Waals surface area contributed by atoms with Gasteiger partial charge >= 0.3 is 0 Å². The second kappa shape index (κ2) is 8.91. The molecule has 0 fully saturated rings. The van der Waals surface area contributed by atoms with Gasteiger partial charge in [0, 0.05) is 50.0 Å². The molecule has 3 aromatic heterocycles. The van der Waals surface area contributed by atoms with Crippen LogP contribution in [-0.4, -0.2) is 61.5 Å². The maximum Gasteiger partial charge on any atom is 0.276 e. The van der Waals surface area contributed by atoms with Gasteiger partial charge in [-0.1, -0.05) is 13.8 Å².